The third kappa shape index (κ3) is 5.92. The first-order valence-electron chi connectivity index (χ1n) is 9.60. The van der Waals surface area contributed by atoms with E-state index >= 15 is 0 Å². The van der Waals surface area contributed by atoms with Gasteiger partial charge in [-0.05, 0) is 55.0 Å². The molecule has 33 heavy (non-hydrogen) atoms. The molecule has 0 saturated carbocycles. The quantitative estimate of drug-likeness (QED) is 0.289. The Morgan fingerprint density at radius 1 is 1.09 bits per heavy atom. The minimum Gasteiger partial charge on any atom is -0.493 e. The van der Waals surface area contributed by atoms with E-state index in [1.165, 1.54) is 37.5 Å². The molecule has 1 amide bonds. The van der Waals surface area contributed by atoms with Crippen molar-refractivity contribution < 1.29 is 22.1 Å². The van der Waals surface area contributed by atoms with Gasteiger partial charge in [0, 0.05) is 5.69 Å². The van der Waals surface area contributed by atoms with Crippen LogP contribution in [0.25, 0.3) is 6.08 Å². The van der Waals surface area contributed by atoms with Crippen molar-refractivity contribution in [1.29, 1.82) is 5.26 Å². The van der Waals surface area contributed by atoms with Crippen molar-refractivity contribution in [3.8, 4) is 17.6 Å². The van der Waals surface area contributed by atoms with E-state index in [1.54, 1.807) is 42.5 Å². The molecule has 0 spiro atoms. The van der Waals surface area contributed by atoms with E-state index in [0.29, 0.717) is 11.3 Å². The number of rotatable bonds is 7. The molecule has 0 unspecified atom stereocenters. The van der Waals surface area contributed by atoms with E-state index in [1.807, 2.05) is 13.0 Å². The van der Waals surface area contributed by atoms with Crippen LogP contribution >= 0.6 is 11.6 Å². The Morgan fingerprint density at radius 2 is 1.76 bits per heavy atom. The number of hydrogen-bond donors (Lipinski definition) is 1. The highest BCUT2D eigenvalue weighted by molar-refractivity contribution is 7.87. The maximum Gasteiger partial charge on any atom is 0.339 e. The summed E-state index contributed by atoms with van der Waals surface area (Å²) >= 11 is 6.29. The molecular weight excluding hydrogens is 464 g/mol. The number of carbonyl (C=O) groups is 1. The third-order valence-corrected chi connectivity index (χ3v) is 5.98. The van der Waals surface area contributed by atoms with E-state index in [-0.39, 0.29) is 27.0 Å². The number of para-hydroxylation sites is 1. The molecule has 0 aromatic heterocycles. The molecule has 0 fully saturated rings. The van der Waals surface area contributed by atoms with E-state index in [0.717, 1.165) is 5.56 Å². The van der Waals surface area contributed by atoms with E-state index in [9.17, 15) is 18.5 Å². The molecular formula is C24H19ClN2O5S. The van der Waals surface area contributed by atoms with Crippen LogP contribution in [-0.2, 0) is 14.9 Å². The predicted molar refractivity (Wildman–Crippen MR) is 126 cm³/mol. The highest BCUT2D eigenvalue weighted by Gasteiger charge is 2.22. The SMILES string of the molecule is COc1cc(/C=C(\C#N)C(=O)Nc2ccccc2)cc(Cl)c1OS(=O)(=O)c1ccc(C)cc1. The third-order valence-electron chi connectivity index (χ3n) is 4.46. The largest absolute Gasteiger partial charge is 0.493 e. The lowest BCUT2D eigenvalue weighted by Gasteiger charge is -2.13. The van der Waals surface area contributed by atoms with Crippen molar-refractivity contribution in [2.24, 2.45) is 0 Å². The van der Waals surface area contributed by atoms with Gasteiger partial charge in [0.2, 0.25) is 5.75 Å². The second-order valence-corrected chi connectivity index (χ2v) is 8.83. The molecule has 7 nitrogen and oxygen atoms in total. The minimum atomic E-state index is -4.17. The maximum atomic E-state index is 12.7. The van der Waals surface area contributed by atoms with Gasteiger partial charge in [0.05, 0.1) is 12.1 Å². The topological polar surface area (TPSA) is 105 Å². The zero-order chi connectivity index (χ0) is 24.0. The van der Waals surface area contributed by atoms with Crippen LogP contribution in [0.3, 0.4) is 0 Å². The Labute approximate surface area is 197 Å². The minimum absolute atomic E-state index is 0.0187. The Bertz CT molecular complexity index is 1350. The summed E-state index contributed by atoms with van der Waals surface area (Å²) in [4.78, 5) is 12.4. The summed E-state index contributed by atoms with van der Waals surface area (Å²) in [5.41, 5.74) is 1.59. The number of ether oxygens (including phenoxy) is 1. The van der Waals surface area contributed by atoms with Crippen molar-refractivity contribution in [3.63, 3.8) is 0 Å². The van der Waals surface area contributed by atoms with Gasteiger partial charge in [-0.3, -0.25) is 4.79 Å². The number of nitrogens with zero attached hydrogens (tertiary/aromatic N) is 1. The second kappa shape index (κ2) is 10.2. The van der Waals surface area contributed by atoms with Gasteiger partial charge in [0.25, 0.3) is 5.91 Å². The van der Waals surface area contributed by atoms with Gasteiger partial charge in [-0.1, -0.05) is 47.5 Å². The predicted octanol–water partition coefficient (Wildman–Crippen LogP) is 4.97. The van der Waals surface area contributed by atoms with Gasteiger partial charge < -0.3 is 14.2 Å². The molecule has 0 saturated heterocycles. The molecule has 0 atom stereocenters. The molecule has 3 aromatic carbocycles. The molecule has 3 aromatic rings. The van der Waals surface area contributed by atoms with Crippen LogP contribution in [0.5, 0.6) is 11.5 Å². The number of nitrogens with one attached hydrogen (secondary N) is 1. The molecule has 0 bridgehead atoms. The normalized spacial score (nSPS) is 11.4. The van der Waals surface area contributed by atoms with Crippen molar-refractivity contribution in [2.45, 2.75) is 11.8 Å². The summed E-state index contributed by atoms with van der Waals surface area (Å²) in [7, 11) is -2.85. The van der Waals surface area contributed by atoms with Gasteiger partial charge >= 0.3 is 10.1 Å². The van der Waals surface area contributed by atoms with Crippen molar-refractivity contribution in [2.75, 3.05) is 12.4 Å². The van der Waals surface area contributed by atoms with Crippen LogP contribution in [0.1, 0.15) is 11.1 Å². The summed E-state index contributed by atoms with van der Waals surface area (Å²) in [6, 6.07) is 19.4. The molecule has 0 aliphatic rings. The Balaban J connectivity index is 1.91. The van der Waals surface area contributed by atoms with Crippen molar-refractivity contribution >= 4 is 39.4 Å². The van der Waals surface area contributed by atoms with Gasteiger partial charge in [0.1, 0.15) is 16.5 Å². The molecule has 168 valence electrons. The Morgan fingerprint density at radius 3 is 2.36 bits per heavy atom. The summed E-state index contributed by atoms with van der Waals surface area (Å²) in [5, 5.41) is 12.0. The number of halogens is 1. The van der Waals surface area contributed by atoms with Gasteiger partial charge in [-0.2, -0.15) is 13.7 Å². The van der Waals surface area contributed by atoms with Crippen LogP contribution in [0, 0.1) is 18.3 Å². The molecule has 0 radical (unpaired) electrons. The highest BCUT2D eigenvalue weighted by atomic mass is 35.5. The summed E-state index contributed by atoms with van der Waals surface area (Å²) in [6.45, 7) is 1.83. The van der Waals surface area contributed by atoms with Crippen LogP contribution in [0.2, 0.25) is 5.02 Å². The number of amides is 1. The van der Waals surface area contributed by atoms with E-state index in [4.69, 9.17) is 20.5 Å². The lowest BCUT2D eigenvalue weighted by molar-refractivity contribution is -0.112. The smallest absolute Gasteiger partial charge is 0.339 e. The molecule has 9 heteroatoms. The standard InChI is InChI=1S/C24H19ClN2O5S/c1-16-8-10-20(11-9-16)33(29,30)32-23-21(25)13-17(14-22(23)31-2)12-18(15-26)24(28)27-19-6-4-3-5-7-19/h3-14H,1-2H3,(H,27,28)/b18-12+. The number of aryl methyl sites for hydroxylation is 1. The first kappa shape index (κ1) is 23.9. The number of anilines is 1. The molecule has 1 N–H and O–H groups in total. The van der Waals surface area contributed by atoms with E-state index < -0.39 is 16.0 Å². The monoisotopic (exact) mass is 482 g/mol. The van der Waals surface area contributed by atoms with Gasteiger partial charge in [-0.15, -0.1) is 0 Å². The number of nitriles is 1. The first-order chi connectivity index (χ1) is 15.7. The first-order valence-corrected chi connectivity index (χ1v) is 11.4. The average molecular weight is 483 g/mol. The van der Waals surface area contributed by atoms with Gasteiger partial charge in [0.15, 0.2) is 5.75 Å². The molecule has 3 rings (SSSR count). The van der Waals surface area contributed by atoms with Crippen LogP contribution in [-0.4, -0.2) is 21.4 Å². The summed E-state index contributed by atoms with van der Waals surface area (Å²) in [6.07, 6.45) is 1.31. The zero-order valence-electron chi connectivity index (χ0n) is 17.7. The number of methoxy groups -OCH3 is 1. The van der Waals surface area contributed by atoms with Gasteiger partial charge in [-0.25, -0.2) is 0 Å². The fourth-order valence-electron chi connectivity index (χ4n) is 2.80. The van der Waals surface area contributed by atoms with E-state index in [2.05, 4.69) is 5.32 Å². The molecule has 0 aliphatic heterocycles. The maximum absolute atomic E-state index is 12.7. The van der Waals surface area contributed by atoms with Crippen LogP contribution in [0.4, 0.5) is 5.69 Å². The van der Waals surface area contributed by atoms with Crippen LogP contribution < -0.4 is 14.2 Å². The fraction of sp³-hybridized carbons (Fsp3) is 0.0833. The molecule has 0 heterocycles. The zero-order valence-corrected chi connectivity index (χ0v) is 19.3. The average Bonchev–Trinajstić information content (AvgIpc) is 2.79. The Kier molecular flexibility index (Phi) is 7.38. The number of hydrogen-bond acceptors (Lipinski definition) is 6. The molecule has 0 aliphatic carbocycles. The summed E-state index contributed by atoms with van der Waals surface area (Å²) in [5.74, 6) is -0.796. The van der Waals surface area contributed by atoms with Crippen LogP contribution in [0.15, 0.2) is 77.2 Å². The van der Waals surface area contributed by atoms with Crippen molar-refractivity contribution in [3.05, 3.63) is 88.5 Å². The second-order valence-electron chi connectivity index (χ2n) is 6.87. The number of carbonyl (C=O) groups excluding carboxylic acids is 1. The Hall–Kier alpha value is -3.80. The lowest BCUT2D eigenvalue weighted by Crippen LogP contribution is -2.13. The fourth-order valence-corrected chi connectivity index (χ4v) is 4.06. The highest BCUT2D eigenvalue weighted by Crippen LogP contribution is 2.38. The van der Waals surface area contributed by atoms with Crippen molar-refractivity contribution in [1.82, 2.24) is 0 Å². The lowest BCUT2D eigenvalue weighted by atomic mass is 10.1. The summed E-state index contributed by atoms with van der Waals surface area (Å²) < 4.78 is 35.8. The number of benzene rings is 3.